The molecule has 0 bridgehead atoms. The van der Waals surface area contributed by atoms with Crippen LogP contribution < -0.4 is 4.74 Å². The van der Waals surface area contributed by atoms with E-state index in [9.17, 15) is 20.0 Å². The van der Waals surface area contributed by atoms with Gasteiger partial charge >= 0.3 is 11.7 Å². The lowest BCUT2D eigenvalue weighted by Gasteiger charge is -2.32. The highest BCUT2D eigenvalue weighted by Gasteiger charge is 2.27. The summed E-state index contributed by atoms with van der Waals surface area (Å²) in [6.07, 6.45) is 0.645. The predicted molar refractivity (Wildman–Crippen MR) is 97.6 cm³/mol. The Morgan fingerprint density at radius 3 is 2.65 bits per heavy atom. The Morgan fingerprint density at radius 1 is 1.38 bits per heavy atom. The standard InChI is InChI=1S/C17H24N2O6.ClH/c1-2-24-17(21)13-7-9-18(10-8-13)11-14(20)12-25-16-6-4-3-5-15(16)19(22)23;/h3-6,13-14,20H,2,7-12H2,1H3;1H. The lowest BCUT2D eigenvalue weighted by Crippen LogP contribution is -2.42. The molecule has 1 heterocycles. The first-order valence-electron chi connectivity index (χ1n) is 8.44. The number of nitrogens with zero attached hydrogens (tertiary/aromatic N) is 2. The fraction of sp³-hybridized carbons (Fsp3) is 0.588. The van der Waals surface area contributed by atoms with Crippen molar-refractivity contribution in [1.82, 2.24) is 4.90 Å². The zero-order valence-corrected chi connectivity index (χ0v) is 15.5. The van der Waals surface area contributed by atoms with E-state index < -0.39 is 11.0 Å². The van der Waals surface area contributed by atoms with Gasteiger partial charge in [-0.15, -0.1) is 12.4 Å². The van der Waals surface area contributed by atoms with Crippen LogP contribution in [-0.2, 0) is 9.53 Å². The van der Waals surface area contributed by atoms with Crippen LogP contribution in [0, 0.1) is 16.0 Å². The first-order valence-corrected chi connectivity index (χ1v) is 8.44. The number of nitro benzene ring substituents is 1. The molecule has 0 aliphatic carbocycles. The minimum Gasteiger partial charge on any atom is -0.484 e. The summed E-state index contributed by atoms with van der Waals surface area (Å²) in [7, 11) is 0. The van der Waals surface area contributed by atoms with E-state index in [1.165, 1.54) is 12.1 Å². The summed E-state index contributed by atoms with van der Waals surface area (Å²) in [5.74, 6) is -0.0773. The zero-order valence-electron chi connectivity index (χ0n) is 14.7. The van der Waals surface area contributed by atoms with Crippen LogP contribution in [0.3, 0.4) is 0 Å². The van der Waals surface area contributed by atoms with Crippen molar-refractivity contribution in [2.75, 3.05) is 32.8 Å². The summed E-state index contributed by atoms with van der Waals surface area (Å²) in [5.41, 5.74) is -0.120. The topological polar surface area (TPSA) is 102 Å². The average molecular weight is 389 g/mol. The molecular weight excluding hydrogens is 364 g/mol. The second-order valence-electron chi connectivity index (χ2n) is 6.02. The summed E-state index contributed by atoms with van der Waals surface area (Å²) in [4.78, 5) is 24.2. The monoisotopic (exact) mass is 388 g/mol. The minimum absolute atomic E-state index is 0. The van der Waals surface area contributed by atoms with E-state index >= 15 is 0 Å². The Balaban J connectivity index is 0.00000338. The molecule has 1 aliphatic rings. The molecule has 0 radical (unpaired) electrons. The molecule has 1 fully saturated rings. The zero-order chi connectivity index (χ0) is 18.2. The van der Waals surface area contributed by atoms with Crippen molar-refractivity contribution < 1.29 is 24.3 Å². The van der Waals surface area contributed by atoms with Gasteiger partial charge in [0.25, 0.3) is 0 Å². The second kappa shape index (κ2) is 10.9. The Hall–Kier alpha value is -1.90. The number of ether oxygens (including phenoxy) is 2. The lowest BCUT2D eigenvalue weighted by atomic mass is 9.97. The Kier molecular flexibility index (Phi) is 9.32. The number of aliphatic hydroxyl groups excluding tert-OH is 1. The fourth-order valence-electron chi connectivity index (χ4n) is 2.88. The average Bonchev–Trinajstić information content (AvgIpc) is 2.61. The van der Waals surface area contributed by atoms with Gasteiger partial charge in [0.15, 0.2) is 5.75 Å². The highest BCUT2D eigenvalue weighted by Crippen LogP contribution is 2.26. The number of esters is 1. The third-order valence-corrected chi connectivity index (χ3v) is 4.17. The van der Waals surface area contributed by atoms with Crippen LogP contribution in [0.1, 0.15) is 19.8 Å². The third kappa shape index (κ3) is 6.44. The molecule has 1 aromatic rings. The molecule has 0 spiro atoms. The maximum atomic E-state index is 11.7. The smallest absolute Gasteiger partial charge is 0.310 e. The molecule has 1 atom stereocenters. The number of halogens is 1. The van der Waals surface area contributed by atoms with E-state index in [0.29, 0.717) is 39.1 Å². The number of carbonyl (C=O) groups excluding carboxylic acids is 1. The van der Waals surface area contributed by atoms with Gasteiger partial charge in [0, 0.05) is 12.6 Å². The quantitative estimate of drug-likeness (QED) is 0.413. The summed E-state index contributed by atoms with van der Waals surface area (Å²) < 4.78 is 10.4. The number of hydrogen-bond acceptors (Lipinski definition) is 7. The number of β-amino-alcohol motifs (C(OH)–C–C–N with tert-alkyl or cyclic N) is 1. The molecule has 0 aromatic heterocycles. The van der Waals surface area contributed by atoms with Gasteiger partial charge in [-0.3, -0.25) is 14.9 Å². The number of aliphatic hydroxyl groups is 1. The van der Waals surface area contributed by atoms with Crippen LogP contribution in [0.15, 0.2) is 24.3 Å². The number of carbonyl (C=O) groups is 1. The SMILES string of the molecule is CCOC(=O)C1CCN(CC(O)COc2ccccc2[N+](=O)[O-])CC1.Cl. The molecule has 8 nitrogen and oxygen atoms in total. The van der Waals surface area contributed by atoms with Gasteiger partial charge in [0.1, 0.15) is 12.7 Å². The van der Waals surface area contributed by atoms with Gasteiger partial charge in [-0.05, 0) is 38.9 Å². The van der Waals surface area contributed by atoms with Crippen molar-refractivity contribution in [2.24, 2.45) is 5.92 Å². The van der Waals surface area contributed by atoms with E-state index in [1.54, 1.807) is 19.1 Å². The van der Waals surface area contributed by atoms with Crippen LogP contribution in [-0.4, -0.2) is 59.9 Å². The molecule has 0 saturated carbocycles. The molecule has 1 unspecified atom stereocenters. The van der Waals surface area contributed by atoms with Crippen LogP contribution >= 0.6 is 12.4 Å². The molecular formula is C17H25ClN2O6. The molecule has 26 heavy (non-hydrogen) atoms. The van der Waals surface area contributed by atoms with E-state index in [2.05, 4.69) is 4.90 Å². The first-order chi connectivity index (χ1) is 12.0. The molecule has 1 aromatic carbocycles. The van der Waals surface area contributed by atoms with Crippen molar-refractivity contribution in [3.05, 3.63) is 34.4 Å². The van der Waals surface area contributed by atoms with Crippen molar-refractivity contribution in [2.45, 2.75) is 25.9 Å². The number of piperidine rings is 1. The number of nitro groups is 1. The van der Waals surface area contributed by atoms with Gasteiger partial charge in [-0.1, -0.05) is 12.1 Å². The largest absolute Gasteiger partial charge is 0.484 e. The van der Waals surface area contributed by atoms with E-state index in [4.69, 9.17) is 9.47 Å². The van der Waals surface area contributed by atoms with E-state index in [-0.39, 0.29) is 42.3 Å². The van der Waals surface area contributed by atoms with Crippen molar-refractivity contribution in [3.63, 3.8) is 0 Å². The summed E-state index contributed by atoms with van der Waals surface area (Å²) in [6, 6.07) is 6.08. The van der Waals surface area contributed by atoms with Crippen LogP contribution in [0.2, 0.25) is 0 Å². The Bertz CT molecular complexity index is 592. The van der Waals surface area contributed by atoms with Crippen molar-refractivity contribution >= 4 is 24.1 Å². The van der Waals surface area contributed by atoms with Crippen LogP contribution in [0.25, 0.3) is 0 Å². The molecule has 1 aliphatic heterocycles. The fourth-order valence-corrected chi connectivity index (χ4v) is 2.88. The van der Waals surface area contributed by atoms with Gasteiger partial charge in [0.05, 0.1) is 17.4 Å². The maximum Gasteiger partial charge on any atom is 0.310 e. The first kappa shape index (κ1) is 22.1. The molecule has 146 valence electrons. The summed E-state index contributed by atoms with van der Waals surface area (Å²) >= 11 is 0. The van der Waals surface area contributed by atoms with Crippen LogP contribution in [0.5, 0.6) is 5.75 Å². The highest BCUT2D eigenvalue weighted by atomic mass is 35.5. The number of benzene rings is 1. The van der Waals surface area contributed by atoms with Crippen LogP contribution in [0.4, 0.5) is 5.69 Å². The minimum atomic E-state index is -0.765. The van der Waals surface area contributed by atoms with Crippen molar-refractivity contribution in [3.8, 4) is 5.75 Å². The number of rotatable bonds is 8. The molecule has 9 heteroatoms. The number of likely N-dealkylation sites (tertiary alicyclic amines) is 1. The maximum absolute atomic E-state index is 11.7. The normalized spacial score (nSPS) is 16.4. The summed E-state index contributed by atoms with van der Waals surface area (Å²) in [5, 5.41) is 21.1. The van der Waals surface area contributed by atoms with E-state index in [0.717, 1.165) is 0 Å². The van der Waals surface area contributed by atoms with Gasteiger partial charge in [0.2, 0.25) is 0 Å². The number of para-hydroxylation sites is 2. The summed E-state index contributed by atoms with van der Waals surface area (Å²) in [6.45, 7) is 3.96. The van der Waals surface area contributed by atoms with Gasteiger partial charge < -0.3 is 19.5 Å². The lowest BCUT2D eigenvalue weighted by molar-refractivity contribution is -0.385. The third-order valence-electron chi connectivity index (χ3n) is 4.17. The van der Waals surface area contributed by atoms with E-state index in [1.807, 2.05) is 0 Å². The molecule has 0 amide bonds. The number of hydrogen-bond donors (Lipinski definition) is 1. The van der Waals surface area contributed by atoms with Crippen molar-refractivity contribution in [1.29, 1.82) is 0 Å². The van der Waals surface area contributed by atoms with Gasteiger partial charge in [-0.2, -0.15) is 0 Å². The molecule has 1 saturated heterocycles. The predicted octanol–water partition coefficient (Wildman–Crippen LogP) is 2.03. The second-order valence-corrected chi connectivity index (χ2v) is 6.02. The molecule has 2 rings (SSSR count). The molecule has 1 N–H and O–H groups in total. The Morgan fingerprint density at radius 2 is 2.04 bits per heavy atom. The Labute approximate surface area is 158 Å². The van der Waals surface area contributed by atoms with Gasteiger partial charge in [-0.25, -0.2) is 0 Å². The highest BCUT2D eigenvalue weighted by molar-refractivity contribution is 5.85.